The topological polar surface area (TPSA) is 78.3 Å². The van der Waals surface area contributed by atoms with Crippen LogP contribution < -0.4 is 5.43 Å². The fraction of sp³-hybridized carbons (Fsp3) is 0.368. The molecule has 7 heteroatoms. The molecule has 2 heterocycles. The minimum atomic E-state index is -0.720. The van der Waals surface area contributed by atoms with E-state index in [9.17, 15) is 18.8 Å². The number of allylic oxidation sites excluding steroid dienone is 2. The number of hydrogen-bond donors (Lipinski definition) is 0. The average Bonchev–Trinajstić information content (AvgIpc) is 3.36. The second-order valence-corrected chi connectivity index (χ2v) is 6.56. The van der Waals surface area contributed by atoms with E-state index in [0.717, 1.165) is 18.9 Å². The first kappa shape index (κ1) is 16.6. The summed E-state index contributed by atoms with van der Waals surface area (Å²) in [6.07, 6.45) is 5.44. The van der Waals surface area contributed by atoms with Gasteiger partial charge in [0.2, 0.25) is 5.43 Å². The molecule has 134 valence electrons. The van der Waals surface area contributed by atoms with Crippen LogP contribution in [0.1, 0.15) is 54.7 Å². The van der Waals surface area contributed by atoms with Gasteiger partial charge in [0, 0.05) is 18.7 Å². The van der Waals surface area contributed by atoms with Crippen molar-refractivity contribution < 1.29 is 18.7 Å². The quantitative estimate of drug-likeness (QED) is 0.787. The Bertz CT molecular complexity index is 1030. The van der Waals surface area contributed by atoms with Gasteiger partial charge < -0.3 is 9.30 Å². The van der Waals surface area contributed by atoms with E-state index in [1.807, 2.05) is 0 Å². The third-order valence-corrected chi connectivity index (χ3v) is 4.67. The number of ketones is 1. The van der Waals surface area contributed by atoms with Crippen molar-refractivity contribution >= 4 is 28.4 Å². The van der Waals surface area contributed by atoms with Gasteiger partial charge in [-0.25, -0.2) is 14.2 Å². The number of rotatable bonds is 4. The third-order valence-electron chi connectivity index (χ3n) is 4.67. The van der Waals surface area contributed by atoms with Crippen molar-refractivity contribution in [2.75, 3.05) is 6.61 Å². The molecule has 2 aliphatic carbocycles. The van der Waals surface area contributed by atoms with E-state index in [4.69, 9.17) is 4.74 Å². The van der Waals surface area contributed by atoms with Crippen LogP contribution in [0, 0.1) is 5.82 Å². The fourth-order valence-electron chi connectivity index (χ4n) is 3.24. The second-order valence-electron chi connectivity index (χ2n) is 6.56. The molecule has 0 aliphatic heterocycles. The molecule has 6 nitrogen and oxygen atoms in total. The molecule has 1 fully saturated rings. The predicted octanol–water partition coefficient (Wildman–Crippen LogP) is 2.79. The average molecular weight is 356 g/mol. The summed E-state index contributed by atoms with van der Waals surface area (Å²) in [6.45, 7) is 1.80. The monoisotopic (exact) mass is 356 g/mol. The smallest absolute Gasteiger partial charge is 0.343 e. The van der Waals surface area contributed by atoms with Crippen LogP contribution in [0.3, 0.4) is 0 Å². The van der Waals surface area contributed by atoms with Gasteiger partial charge in [-0.2, -0.15) is 0 Å². The number of aromatic nitrogens is 2. The molecule has 2 aromatic heterocycles. The summed E-state index contributed by atoms with van der Waals surface area (Å²) in [5.41, 5.74) is 0.266. The Hall–Kier alpha value is -2.83. The van der Waals surface area contributed by atoms with Gasteiger partial charge in [-0.05, 0) is 43.9 Å². The van der Waals surface area contributed by atoms with E-state index >= 15 is 0 Å². The molecule has 0 spiro atoms. The Morgan fingerprint density at radius 1 is 1.35 bits per heavy atom. The van der Waals surface area contributed by atoms with Gasteiger partial charge in [0.1, 0.15) is 22.7 Å². The second kappa shape index (κ2) is 6.16. The van der Waals surface area contributed by atoms with Crippen molar-refractivity contribution in [1.29, 1.82) is 0 Å². The molecule has 0 aromatic carbocycles. The minimum Gasteiger partial charge on any atom is -0.462 e. The first-order valence-electron chi connectivity index (χ1n) is 8.66. The number of carbonyl (C=O) groups excluding carboxylic acids is 2. The van der Waals surface area contributed by atoms with Crippen molar-refractivity contribution in [2.24, 2.45) is 0 Å². The van der Waals surface area contributed by atoms with E-state index in [-0.39, 0.29) is 35.1 Å². The van der Waals surface area contributed by atoms with Gasteiger partial charge in [-0.15, -0.1) is 0 Å². The molecule has 0 radical (unpaired) electrons. The molecule has 2 aromatic rings. The van der Waals surface area contributed by atoms with Crippen LogP contribution in [-0.2, 0) is 9.53 Å². The molecular formula is C19H17FN2O4. The molecule has 0 atom stereocenters. The van der Waals surface area contributed by atoms with E-state index in [0.29, 0.717) is 24.1 Å². The van der Waals surface area contributed by atoms with Gasteiger partial charge in [0.15, 0.2) is 5.78 Å². The molecule has 2 aliphatic rings. The number of esters is 1. The first-order chi connectivity index (χ1) is 12.5. The number of ether oxygens (including phenoxy) is 1. The van der Waals surface area contributed by atoms with E-state index in [1.165, 1.54) is 12.3 Å². The van der Waals surface area contributed by atoms with Crippen molar-refractivity contribution in [3.05, 3.63) is 45.6 Å². The Morgan fingerprint density at radius 2 is 2.12 bits per heavy atom. The van der Waals surface area contributed by atoms with Crippen LogP contribution >= 0.6 is 0 Å². The molecular weight excluding hydrogens is 339 g/mol. The number of halogens is 1. The number of carbonyl (C=O) groups is 2. The highest BCUT2D eigenvalue weighted by Crippen LogP contribution is 2.37. The predicted molar refractivity (Wildman–Crippen MR) is 92.4 cm³/mol. The summed E-state index contributed by atoms with van der Waals surface area (Å²) in [5, 5.41) is 0.0497. The summed E-state index contributed by atoms with van der Waals surface area (Å²) in [6, 6.07) is 1.24. The van der Waals surface area contributed by atoms with Crippen molar-refractivity contribution in [3.8, 4) is 0 Å². The lowest BCUT2D eigenvalue weighted by Gasteiger charge is -2.13. The summed E-state index contributed by atoms with van der Waals surface area (Å²) in [7, 11) is 0. The Labute approximate surface area is 148 Å². The van der Waals surface area contributed by atoms with Crippen LogP contribution in [0.5, 0.6) is 0 Å². The van der Waals surface area contributed by atoms with Gasteiger partial charge in [0.05, 0.1) is 12.0 Å². The zero-order valence-corrected chi connectivity index (χ0v) is 14.3. The zero-order chi connectivity index (χ0) is 18.4. The first-order valence-corrected chi connectivity index (χ1v) is 8.66. The minimum absolute atomic E-state index is 0.0497. The van der Waals surface area contributed by atoms with Crippen molar-refractivity contribution in [3.63, 3.8) is 0 Å². The van der Waals surface area contributed by atoms with Gasteiger partial charge in [-0.3, -0.25) is 9.59 Å². The normalized spacial score (nSPS) is 16.8. The van der Waals surface area contributed by atoms with Crippen LogP contribution in [0.2, 0.25) is 0 Å². The van der Waals surface area contributed by atoms with Gasteiger partial charge in [0.25, 0.3) is 0 Å². The lowest BCUT2D eigenvalue weighted by Crippen LogP contribution is -2.22. The van der Waals surface area contributed by atoms with E-state index in [2.05, 4.69) is 4.98 Å². The van der Waals surface area contributed by atoms with Crippen molar-refractivity contribution in [2.45, 2.75) is 38.6 Å². The molecule has 0 unspecified atom stereocenters. The maximum absolute atomic E-state index is 14.6. The standard InChI is InChI=1S/C19H17FN2O4/c1-2-26-19(25)14-9-22(11-4-5-11)18-13(17(14)24)8-15(20)16(21-18)10-3-6-12(23)7-10/h7-9,11H,2-6H2,1H3. The highest BCUT2D eigenvalue weighted by molar-refractivity contribution is 6.01. The maximum atomic E-state index is 14.6. The Kier molecular flexibility index (Phi) is 3.94. The molecule has 1 saturated carbocycles. The highest BCUT2D eigenvalue weighted by atomic mass is 19.1. The number of nitrogens with zero attached hydrogens (tertiary/aromatic N) is 2. The number of pyridine rings is 2. The van der Waals surface area contributed by atoms with Crippen LogP contribution in [0.15, 0.2) is 23.1 Å². The SMILES string of the molecule is CCOC(=O)c1cn(C2CC2)c2nc(C3=CC(=O)CC3)c(F)cc2c1=O. The summed E-state index contributed by atoms with van der Waals surface area (Å²) in [5.74, 6) is -1.44. The molecule has 0 saturated heterocycles. The highest BCUT2D eigenvalue weighted by Gasteiger charge is 2.29. The molecule has 0 N–H and O–H groups in total. The van der Waals surface area contributed by atoms with E-state index in [1.54, 1.807) is 11.5 Å². The third kappa shape index (κ3) is 2.73. The maximum Gasteiger partial charge on any atom is 0.343 e. The molecule has 4 rings (SSSR count). The fourth-order valence-corrected chi connectivity index (χ4v) is 3.24. The summed E-state index contributed by atoms with van der Waals surface area (Å²) in [4.78, 5) is 40.7. The van der Waals surface area contributed by atoms with Crippen LogP contribution in [0.25, 0.3) is 16.6 Å². The van der Waals surface area contributed by atoms with E-state index < -0.39 is 17.2 Å². The van der Waals surface area contributed by atoms with Crippen LogP contribution in [-0.4, -0.2) is 27.9 Å². The number of hydrogen-bond acceptors (Lipinski definition) is 5. The summed E-state index contributed by atoms with van der Waals surface area (Å²) < 4.78 is 21.3. The Morgan fingerprint density at radius 3 is 2.73 bits per heavy atom. The van der Waals surface area contributed by atoms with Crippen molar-refractivity contribution in [1.82, 2.24) is 9.55 Å². The van der Waals surface area contributed by atoms with Gasteiger partial charge in [-0.1, -0.05) is 0 Å². The zero-order valence-electron chi connectivity index (χ0n) is 14.3. The lowest BCUT2D eigenvalue weighted by molar-refractivity contribution is -0.114. The lowest BCUT2D eigenvalue weighted by atomic mass is 10.1. The van der Waals surface area contributed by atoms with Crippen LogP contribution in [0.4, 0.5) is 4.39 Å². The molecule has 26 heavy (non-hydrogen) atoms. The summed E-state index contributed by atoms with van der Waals surface area (Å²) >= 11 is 0. The molecule has 0 amide bonds. The van der Waals surface area contributed by atoms with Gasteiger partial charge >= 0.3 is 5.97 Å². The Balaban J connectivity index is 1.96. The largest absolute Gasteiger partial charge is 0.462 e. The molecule has 0 bridgehead atoms. The number of fused-ring (bicyclic) bond motifs is 1.